The number of esters is 1. The zero-order valence-electron chi connectivity index (χ0n) is 10.6. The van der Waals surface area contributed by atoms with Gasteiger partial charge in [-0.25, -0.2) is 0 Å². The van der Waals surface area contributed by atoms with Gasteiger partial charge in [0, 0.05) is 4.11 Å². The minimum absolute atomic E-state index is 0.482. The summed E-state index contributed by atoms with van der Waals surface area (Å²) in [5.41, 5.74) is 0. The standard InChI is InChI=1S/C7H14O2/c1-4-6(3)7(8)9-5-2/h6H,4-5H2,1-3H3/t6-/m1/s1/i2D3,5D2. The van der Waals surface area contributed by atoms with Gasteiger partial charge < -0.3 is 4.74 Å². The lowest BCUT2D eigenvalue weighted by Gasteiger charge is -2.05. The molecule has 0 aliphatic heterocycles. The molecule has 1 atom stereocenters. The average molecular weight is 135 g/mol. The van der Waals surface area contributed by atoms with Crippen LogP contribution in [0.3, 0.4) is 0 Å². The summed E-state index contributed by atoms with van der Waals surface area (Å²) in [7, 11) is 0. The summed E-state index contributed by atoms with van der Waals surface area (Å²) >= 11 is 0. The van der Waals surface area contributed by atoms with Crippen LogP contribution in [0.1, 0.15) is 34.0 Å². The Labute approximate surface area is 63.2 Å². The van der Waals surface area contributed by atoms with Crippen LogP contribution in [0.5, 0.6) is 0 Å². The summed E-state index contributed by atoms with van der Waals surface area (Å²) in [6, 6.07) is 0. The lowest BCUT2D eigenvalue weighted by atomic mass is 10.1. The van der Waals surface area contributed by atoms with Crippen molar-refractivity contribution >= 4 is 5.97 Å². The lowest BCUT2D eigenvalue weighted by molar-refractivity contribution is -0.147. The van der Waals surface area contributed by atoms with Crippen molar-refractivity contribution in [2.75, 3.05) is 6.56 Å². The Balaban J connectivity index is 4.45. The van der Waals surface area contributed by atoms with E-state index in [1.54, 1.807) is 13.8 Å². The molecule has 0 aromatic carbocycles. The molecule has 0 heterocycles. The molecule has 0 N–H and O–H groups in total. The highest BCUT2D eigenvalue weighted by Gasteiger charge is 2.09. The average Bonchev–Trinajstić information content (AvgIpc) is 2.00. The first-order chi connectivity index (χ1) is 6.12. The van der Waals surface area contributed by atoms with Crippen molar-refractivity contribution in [3.05, 3.63) is 0 Å². The summed E-state index contributed by atoms with van der Waals surface area (Å²) in [6.07, 6.45) is 0.482. The Morgan fingerprint density at radius 3 is 3.11 bits per heavy atom. The molecule has 0 saturated carbocycles. The van der Waals surface area contributed by atoms with E-state index in [4.69, 9.17) is 6.85 Å². The van der Waals surface area contributed by atoms with Crippen LogP contribution < -0.4 is 0 Å². The number of hydrogen-bond donors (Lipinski definition) is 0. The second-order valence-electron chi connectivity index (χ2n) is 1.83. The topological polar surface area (TPSA) is 26.3 Å². The molecule has 0 unspecified atom stereocenters. The van der Waals surface area contributed by atoms with Gasteiger partial charge in [-0.3, -0.25) is 4.79 Å². The summed E-state index contributed by atoms with van der Waals surface area (Å²) in [5, 5.41) is 0. The lowest BCUT2D eigenvalue weighted by Crippen LogP contribution is -2.13. The second-order valence-corrected chi connectivity index (χ2v) is 1.83. The van der Waals surface area contributed by atoms with E-state index in [1.165, 1.54) is 0 Å². The van der Waals surface area contributed by atoms with Crippen molar-refractivity contribution in [2.24, 2.45) is 5.92 Å². The highest BCUT2D eigenvalue weighted by molar-refractivity contribution is 5.71. The Morgan fingerprint density at radius 2 is 2.67 bits per heavy atom. The number of ether oxygens (including phenoxy) is 1. The van der Waals surface area contributed by atoms with Gasteiger partial charge in [0.25, 0.3) is 0 Å². The fraction of sp³-hybridized carbons (Fsp3) is 0.857. The van der Waals surface area contributed by atoms with E-state index in [-0.39, 0.29) is 0 Å². The normalized spacial score (nSPS) is 24.0. The van der Waals surface area contributed by atoms with E-state index in [1.807, 2.05) is 0 Å². The van der Waals surface area contributed by atoms with Crippen molar-refractivity contribution in [1.29, 1.82) is 0 Å². The van der Waals surface area contributed by atoms with Crippen molar-refractivity contribution in [3.63, 3.8) is 0 Å². The van der Waals surface area contributed by atoms with Crippen LogP contribution in [0, 0.1) is 5.92 Å². The molecule has 0 bridgehead atoms. The Bertz CT molecular complexity index is 211. The van der Waals surface area contributed by atoms with Gasteiger partial charge in [0.05, 0.1) is 15.2 Å². The van der Waals surface area contributed by atoms with E-state index in [9.17, 15) is 4.79 Å². The monoisotopic (exact) mass is 135 g/mol. The molecular weight excluding hydrogens is 116 g/mol. The van der Waals surface area contributed by atoms with Gasteiger partial charge in [-0.15, -0.1) is 0 Å². The Hall–Kier alpha value is -0.530. The maximum atomic E-state index is 11.1. The molecule has 0 radical (unpaired) electrons. The largest absolute Gasteiger partial charge is 0.466 e. The maximum Gasteiger partial charge on any atom is 0.308 e. The third kappa shape index (κ3) is 3.12. The quantitative estimate of drug-likeness (QED) is 0.549. The van der Waals surface area contributed by atoms with Crippen LogP contribution in [-0.4, -0.2) is 12.5 Å². The van der Waals surface area contributed by atoms with E-state index >= 15 is 0 Å². The first-order valence-electron chi connectivity index (χ1n) is 5.34. The van der Waals surface area contributed by atoms with Crippen LogP contribution in [0.15, 0.2) is 0 Å². The van der Waals surface area contributed by atoms with Gasteiger partial charge >= 0.3 is 5.97 Å². The Kier molecular flexibility index (Phi) is 1.47. The van der Waals surface area contributed by atoms with Crippen LogP contribution in [0.4, 0.5) is 0 Å². The zero-order chi connectivity index (χ0) is 11.6. The fourth-order valence-corrected chi connectivity index (χ4v) is 0.318. The van der Waals surface area contributed by atoms with Gasteiger partial charge in [0.2, 0.25) is 0 Å². The smallest absolute Gasteiger partial charge is 0.308 e. The summed E-state index contributed by atoms with van der Waals surface area (Å²) in [5.74, 6) is -1.32. The fourth-order valence-electron chi connectivity index (χ4n) is 0.318. The third-order valence-corrected chi connectivity index (χ3v) is 1.17. The number of carbonyl (C=O) groups is 1. The highest BCUT2D eigenvalue weighted by Crippen LogP contribution is 2.01. The molecule has 0 fully saturated rings. The van der Waals surface area contributed by atoms with Crippen LogP contribution in [0.25, 0.3) is 0 Å². The molecule has 0 rings (SSSR count). The van der Waals surface area contributed by atoms with E-state index < -0.39 is 25.3 Å². The minimum atomic E-state index is -2.95. The zero-order valence-corrected chi connectivity index (χ0v) is 5.60. The van der Waals surface area contributed by atoms with Crippen molar-refractivity contribution in [3.8, 4) is 0 Å². The second kappa shape index (κ2) is 4.36. The molecule has 0 saturated heterocycles. The molecule has 0 aliphatic carbocycles. The molecule has 54 valence electrons. The number of hydrogen-bond acceptors (Lipinski definition) is 2. The SMILES string of the molecule is [2H]C([2H])([2H])C([2H])([2H])OC(=O)[C@H](C)CC. The summed E-state index contributed by atoms with van der Waals surface area (Å²) in [4.78, 5) is 11.1. The molecular formula is C7H14O2. The predicted octanol–water partition coefficient (Wildman–Crippen LogP) is 1.60. The number of rotatable bonds is 3. The van der Waals surface area contributed by atoms with Crippen LogP contribution in [-0.2, 0) is 9.53 Å². The highest BCUT2D eigenvalue weighted by atomic mass is 16.5. The number of carbonyl (C=O) groups excluding carboxylic acids is 1. The van der Waals surface area contributed by atoms with E-state index in [2.05, 4.69) is 4.74 Å². The van der Waals surface area contributed by atoms with Crippen molar-refractivity contribution < 1.29 is 16.4 Å². The summed E-state index contributed by atoms with van der Waals surface area (Å²) < 4.78 is 38.8. The maximum absolute atomic E-state index is 11.1. The first-order valence-corrected chi connectivity index (χ1v) is 2.84. The molecule has 9 heavy (non-hydrogen) atoms. The van der Waals surface area contributed by atoms with Gasteiger partial charge in [-0.05, 0) is 13.3 Å². The van der Waals surface area contributed by atoms with Gasteiger partial charge in [0.1, 0.15) is 0 Å². The van der Waals surface area contributed by atoms with Gasteiger partial charge in [0.15, 0.2) is 0 Å². The van der Waals surface area contributed by atoms with Gasteiger partial charge in [-0.1, -0.05) is 13.8 Å². The molecule has 0 aromatic heterocycles. The minimum Gasteiger partial charge on any atom is -0.466 e. The van der Waals surface area contributed by atoms with Crippen molar-refractivity contribution in [2.45, 2.75) is 27.1 Å². The molecule has 2 heteroatoms. The Morgan fingerprint density at radius 1 is 2.00 bits per heavy atom. The van der Waals surface area contributed by atoms with Crippen molar-refractivity contribution in [1.82, 2.24) is 0 Å². The van der Waals surface area contributed by atoms with E-state index in [0.29, 0.717) is 6.42 Å². The molecule has 0 aliphatic rings. The van der Waals surface area contributed by atoms with Crippen LogP contribution >= 0.6 is 0 Å². The third-order valence-electron chi connectivity index (χ3n) is 1.17. The first kappa shape index (κ1) is 3.04. The molecule has 0 spiro atoms. The van der Waals surface area contributed by atoms with Gasteiger partial charge in [-0.2, -0.15) is 0 Å². The predicted molar refractivity (Wildman–Crippen MR) is 36.1 cm³/mol. The molecule has 2 nitrogen and oxygen atoms in total. The van der Waals surface area contributed by atoms with Crippen LogP contribution in [0.2, 0.25) is 0 Å². The molecule has 0 aromatic rings. The molecule has 0 amide bonds. The van der Waals surface area contributed by atoms with E-state index in [0.717, 1.165) is 0 Å². The summed E-state index contributed by atoms with van der Waals surface area (Å²) in [6.45, 7) is -2.57.